The molecule has 1 aliphatic heterocycles. The van der Waals surface area contributed by atoms with Crippen molar-refractivity contribution in [2.45, 2.75) is 19.3 Å². The number of primary amides is 1. The van der Waals surface area contributed by atoms with Crippen LogP contribution < -0.4 is 11.1 Å². The van der Waals surface area contributed by atoms with Crippen LogP contribution in [0.25, 0.3) is 19.5 Å². The lowest BCUT2D eigenvalue weighted by atomic mass is 9.96. The molecule has 3 N–H and O–H groups in total. The van der Waals surface area contributed by atoms with Gasteiger partial charge in [-0.1, -0.05) is 30.3 Å². The van der Waals surface area contributed by atoms with E-state index in [0.717, 1.165) is 54.2 Å². The van der Waals surface area contributed by atoms with Crippen LogP contribution in [0, 0.1) is 5.92 Å². The van der Waals surface area contributed by atoms with Crippen LogP contribution >= 0.6 is 22.7 Å². The number of nitrogens with zero attached hydrogens (tertiary/aromatic N) is 1. The largest absolute Gasteiger partial charge is 0.369 e. The standard InChI is InChI=1S/C25H25N3O2S2/c26-24(29)17-10-13-28(14-11-17)12-9-16-5-7-18(8-6-16)27-25(30)22-15-21-23(32-22)19-3-1-2-4-20(19)31-21/h1-8,15,17H,9-14H2,(H2,26,29)(H,27,30). The number of anilines is 1. The molecule has 0 aliphatic carbocycles. The van der Waals surface area contributed by atoms with E-state index >= 15 is 0 Å². The smallest absolute Gasteiger partial charge is 0.265 e. The lowest BCUT2D eigenvalue weighted by Gasteiger charge is -2.30. The second kappa shape index (κ2) is 9.02. The SMILES string of the molecule is NC(=O)C1CCN(CCc2ccc(NC(=O)c3cc4sc5ccccc5c4s3)cc2)CC1. The fourth-order valence-corrected chi connectivity index (χ4v) is 6.71. The number of thiophene rings is 2. The van der Waals surface area contributed by atoms with Crippen molar-refractivity contribution in [3.8, 4) is 0 Å². The molecule has 0 radical (unpaired) electrons. The van der Waals surface area contributed by atoms with Crippen molar-refractivity contribution < 1.29 is 9.59 Å². The van der Waals surface area contributed by atoms with Gasteiger partial charge in [0.15, 0.2) is 0 Å². The molecular weight excluding hydrogens is 438 g/mol. The molecule has 3 heterocycles. The summed E-state index contributed by atoms with van der Waals surface area (Å²) in [5, 5.41) is 4.25. The number of piperidine rings is 1. The number of likely N-dealkylation sites (tertiary alicyclic amines) is 1. The number of carbonyl (C=O) groups is 2. The summed E-state index contributed by atoms with van der Waals surface area (Å²) in [6.45, 7) is 2.82. The Morgan fingerprint density at radius 2 is 1.75 bits per heavy atom. The predicted octanol–water partition coefficient (Wildman–Crippen LogP) is 5.11. The Morgan fingerprint density at radius 1 is 1.00 bits per heavy atom. The topological polar surface area (TPSA) is 75.4 Å². The van der Waals surface area contributed by atoms with Crippen molar-refractivity contribution in [3.63, 3.8) is 0 Å². The van der Waals surface area contributed by atoms with Gasteiger partial charge < -0.3 is 16.0 Å². The first-order chi connectivity index (χ1) is 15.6. The van der Waals surface area contributed by atoms with Crippen LogP contribution in [0.3, 0.4) is 0 Å². The quantitative estimate of drug-likeness (QED) is 0.417. The molecule has 0 atom stereocenters. The molecule has 1 fully saturated rings. The molecule has 32 heavy (non-hydrogen) atoms. The van der Waals surface area contributed by atoms with Crippen LogP contribution in [0.4, 0.5) is 5.69 Å². The fourth-order valence-electron chi connectivity index (χ4n) is 4.29. The van der Waals surface area contributed by atoms with E-state index in [-0.39, 0.29) is 17.7 Å². The third-order valence-corrected chi connectivity index (χ3v) is 8.61. The van der Waals surface area contributed by atoms with E-state index in [0.29, 0.717) is 0 Å². The summed E-state index contributed by atoms with van der Waals surface area (Å²) >= 11 is 3.28. The number of rotatable bonds is 6. The minimum Gasteiger partial charge on any atom is -0.369 e. The molecule has 2 amide bonds. The second-order valence-electron chi connectivity index (χ2n) is 8.32. The van der Waals surface area contributed by atoms with Gasteiger partial charge >= 0.3 is 0 Å². The highest BCUT2D eigenvalue weighted by Crippen LogP contribution is 2.39. The van der Waals surface area contributed by atoms with Gasteiger partial charge in [0.25, 0.3) is 5.91 Å². The molecule has 0 bridgehead atoms. The summed E-state index contributed by atoms with van der Waals surface area (Å²) in [6.07, 6.45) is 2.66. The summed E-state index contributed by atoms with van der Waals surface area (Å²) in [6, 6.07) is 18.4. The van der Waals surface area contributed by atoms with Crippen LogP contribution in [-0.2, 0) is 11.2 Å². The normalized spacial score (nSPS) is 15.4. The summed E-state index contributed by atoms with van der Waals surface area (Å²) in [4.78, 5) is 27.2. The lowest BCUT2D eigenvalue weighted by Crippen LogP contribution is -2.39. The molecule has 2 aromatic carbocycles. The average molecular weight is 464 g/mol. The van der Waals surface area contributed by atoms with E-state index < -0.39 is 0 Å². The van der Waals surface area contributed by atoms with E-state index in [1.807, 2.05) is 30.3 Å². The fraction of sp³-hybridized carbons (Fsp3) is 0.280. The van der Waals surface area contributed by atoms with Gasteiger partial charge in [-0.05, 0) is 62.2 Å². The Balaban J connectivity index is 1.17. The minimum absolute atomic E-state index is 0.0343. The van der Waals surface area contributed by atoms with Gasteiger partial charge in [-0.3, -0.25) is 9.59 Å². The molecule has 5 rings (SSSR count). The molecule has 7 heteroatoms. The summed E-state index contributed by atoms with van der Waals surface area (Å²) in [5.41, 5.74) is 7.46. The number of nitrogens with one attached hydrogen (secondary N) is 1. The van der Waals surface area contributed by atoms with Gasteiger partial charge in [0.1, 0.15) is 0 Å². The lowest BCUT2D eigenvalue weighted by molar-refractivity contribution is -0.123. The van der Waals surface area contributed by atoms with Crippen LogP contribution in [0.1, 0.15) is 28.1 Å². The van der Waals surface area contributed by atoms with E-state index in [9.17, 15) is 9.59 Å². The maximum Gasteiger partial charge on any atom is 0.265 e. The van der Waals surface area contributed by atoms with Gasteiger partial charge in [0.05, 0.1) is 9.58 Å². The third-order valence-electron chi connectivity index (χ3n) is 6.19. The maximum atomic E-state index is 12.8. The molecule has 0 saturated carbocycles. The van der Waals surface area contributed by atoms with E-state index in [4.69, 9.17) is 5.73 Å². The highest BCUT2D eigenvalue weighted by Gasteiger charge is 2.22. The zero-order valence-corrected chi connectivity index (χ0v) is 19.3. The first kappa shape index (κ1) is 21.1. The summed E-state index contributed by atoms with van der Waals surface area (Å²) in [7, 11) is 0. The zero-order valence-electron chi connectivity index (χ0n) is 17.7. The van der Waals surface area contributed by atoms with Gasteiger partial charge in [-0.15, -0.1) is 22.7 Å². The first-order valence-corrected chi connectivity index (χ1v) is 12.5. The Bertz CT molecular complexity index is 1270. The number of hydrogen-bond acceptors (Lipinski definition) is 5. The molecule has 1 aliphatic rings. The number of amides is 2. The number of fused-ring (bicyclic) bond motifs is 3. The molecule has 1 saturated heterocycles. The van der Waals surface area contributed by atoms with Gasteiger partial charge in [-0.2, -0.15) is 0 Å². The molecule has 2 aromatic heterocycles. The van der Waals surface area contributed by atoms with E-state index in [1.165, 1.54) is 20.3 Å². The minimum atomic E-state index is -0.169. The molecule has 5 nitrogen and oxygen atoms in total. The monoisotopic (exact) mass is 463 g/mol. The molecule has 0 spiro atoms. The van der Waals surface area contributed by atoms with E-state index in [1.54, 1.807) is 22.7 Å². The van der Waals surface area contributed by atoms with Crippen LogP contribution in [-0.4, -0.2) is 36.3 Å². The van der Waals surface area contributed by atoms with Gasteiger partial charge in [0.2, 0.25) is 5.91 Å². The third kappa shape index (κ3) is 4.41. The number of carbonyl (C=O) groups excluding carboxylic acids is 2. The Morgan fingerprint density at radius 3 is 2.50 bits per heavy atom. The number of benzene rings is 2. The van der Waals surface area contributed by atoms with Crippen LogP contribution in [0.15, 0.2) is 54.6 Å². The van der Waals surface area contributed by atoms with Gasteiger partial charge in [0, 0.05) is 32.9 Å². The van der Waals surface area contributed by atoms with Crippen molar-refractivity contribution in [1.29, 1.82) is 0 Å². The van der Waals surface area contributed by atoms with Gasteiger partial charge in [-0.25, -0.2) is 0 Å². The molecule has 4 aromatic rings. The van der Waals surface area contributed by atoms with Crippen molar-refractivity contribution in [1.82, 2.24) is 4.90 Å². The number of hydrogen-bond donors (Lipinski definition) is 2. The van der Waals surface area contributed by atoms with Crippen molar-refractivity contribution in [2.75, 3.05) is 25.0 Å². The van der Waals surface area contributed by atoms with E-state index in [2.05, 4.69) is 34.5 Å². The first-order valence-electron chi connectivity index (χ1n) is 10.9. The summed E-state index contributed by atoms with van der Waals surface area (Å²) in [5.74, 6) is -0.197. The van der Waals surface area contributed by atoms with Crippen molar-refractivity contribution in [2.24, 2.45) is 11.7 Å². The average Bonchev–Trinajstić information content (AvgIpc) is 3.37. The van der Waals surface area contributed by atoms with Crippen LogP contribution in [0.2, 0.25) is 0 Å². The Kier molecular flexibility index (Phi) is 5.95. The van der Waals surface area contributed by atoms with Crippen molar-refractivity contribution in [3.05, 3.63) is 65.0 Å². The maximum absolute atomic E-state index is 12.8. The van der Waals surface area contributed by atoms with Crippen molar-refractivity contribution >= 4 is 59.7 Å². The number of nitrogens with two attached hydrogens (primary N) is 1. The second-order valence-corrected chi connectivity index (χ2v) is 10.5. The van der Waals surface area contributed by atoms with Crippen LogP contribution in [0.5, 0.6) is 0 Å². The Hall–Kier alpha value is -2.74. The summed E-state index contributed by atoms with van der Waals surface area (Å²) < 4.78 is 3.61. The predicted molar refractivity (Wildman–Crippen MR) is 134 cm³/mol. The zero-order chi connectivity index (χ0) is 22.1. The molecule has 0 unspecified atom stereocenters. The molecule has 164 valence electrons. The molecular formula is C25H25N3O2S2. The highest BCUT2D eigenvalue weighted by molar-refractivity contribution is 7.33. The highest BCUT2D eigenvalue weighted by atomic mass is 32.1. The Labute approximate surface area is 194 Å².